The summed E-state index contributed by atoms with van der Waals surface area (Å²) in [5.41, 5.74) is 6.41. The van der Waals surface area contributed by atoms with Gasteiger partial charge in [0.25, 0.3) is 0 Å². The molecule has 0 nitrogen and oxygen atoms in total. The van der Waals surface area contributed by atoms with Crippen LogP contribution < -0.4 is 10.4 Å². The molecule has 0 N–H and O–H groups in total. The fourth-order valence-electron chi connectivity index (χ4n) is 6.46. The second kappa shape index (κ2) is 8.08. The molecule has 1 aliphatic carbocycles. The first kappa shape index (κ1) is 25.1. The Morgan fingerprint density at radius 3 is 1.69 bits per heavy atom. The minimum absolute atomic E-state index is 0.271. The van der Waals surface area contributed by atoms with E-state index in [9.17, 15) is 0 Å². The summed E-state index contributed by atoms with van der Waals surface area (Å²) >= 11 is -2.04. The van der Waals surface area contributed by atoms with Crippen LogP contribution in [-0.2, 0) is 16.6 Å². The number of allylic oxidation sites excluding steroid dienone is 4. The number of aryl methyl sites for hydroxylation is 1. The number of rotatable bonds is 6. The van der Waals surface area contributed by atoms with E-state index in [2.05, 4.69) is 102 Å². The first-order valence-electron chi connectivity index (χ1n) is 11.6. The van der Waals surface area contributed by atoms with Crippen molar-refractivity contribution in [2.45, 2.75) is 101 Å². The SMILES string of the molecule is CC[Si](CC)(c1cc(C)cc([Si](C)(C)C)c1)C1(C)C(C)=C(C)C(C)=[C]1[Ti]([CH3])([CH3])[CH3]. The van der Waals surface area contributed by atoms with Gasteiger partial charge >= 0.3 is 188 Å². The van der Waals surface area contributed by atoms with Gasteiger partial charge in [0, 0.05) is 0 Å². The molecule has 1 aliphatic rings. The van der Waals surface area contributed by atoms with Crippen molar-refractivity contribution in [3.63, 3.8) is 0 Å². The van der Waals surface area contributed by atoms with Gasteiger partial charge in [0.15, 0.2) is 0 Å². The van der Waals surface area contributed by atoms with Gasteiger partial charge in [-0.1, -0.05) is 0 Å². The monoisotopic (exact) mass is 462 g/mol. The Balaban J connectivity index is 2.95. The zero-order valence-electron chi connectivity index (χ0n) is 21.6. The Morgan fingerprint density at radius 1 is 0.793 bits per heavy atom. The molecule has 0 bridgehead atoms. The molecule has 1 aromatic carbocycles. The van der Waals surface area contributed by atoms with Crippen molar-refractivity contribution < 1.29 is 16.6 Å². The molecule has 1 atom stereocenters. The van der Waals surface area contributed by atoms with Gasteiger partial charge in [-0.2, -0.15) is 0 Å². The van der Waals surface area contributed by atoms with E-state index in [-0.39, 0.29) is 5.04 Å². The molecule has 0 heterocycles. The third-order valence-corrected chi connectivity index (χ3v) is 20.6. The molecule has 0 aliphatic heterocycles. The number of hydrogen-bond acceptors (Lipinski definition) is 0. The van der Waals surface area contributed by atoms with Gasteiger partial charge in [0.05, 0.1) is 0 Å². The summed E-state index contributed by atoms with van der Waals surface area (Å²) in [6, 6.07) is 10.4. The van der Waals surface area contributed by atoms with E-state index in [1.54, 1.807) is 27.1 Å². The molecule has 0 fully saturated rings. The van der Waals surface area contributed by atoms with E-state index in [1.807, 2.05) is 3.88 Å². The predicted octanol–water partition coefficient (Wildman–Crippen LogP) is 7.92. The van der Waals surface area contributed by atoms with Crippen LogP contribution in [0.25, 0.3) is 0 Å². The van der Waals surface area contributed by atoms with Gasteiger partial charge in [0.2, 0.25) is 0 Å². The molecule has 29 heavy (non-hydrogen) atoms. The zero-order chi connectivity index (χ0) is 22.6. The predicted molar refractivity (Wildman–Crippen MR) is 138 cm³/mol. The van der Waals surface area contributed by atoms with E-state index in [4.69, 9.17) is 0 Å². The molecule has 1 aromatic rings. The molecule has 1 unspecified atom stereocenters. The summed E-state index contributed by atoms with van der Waals surface area (Å²) in [6.45, 7) is 24.8. The Morgan fingerprint density at radius 2 is 1.28 bits per heavy atom. The van der Waals surface area contributed by atoms with Crippen molar-refractivity contribution in [1.29, 1.82) is 0 Å². The van der Waals surface area contributed by atoms with E-state index in [1.165, 1.54) is 17.7 Å². The van der Waals surface area contributed by atoms with Gasteiger partial charge in [-0.05, 0) is 0 Å². The summed E-state index contributed by atoms with van der Waals surface area (Å²) in [6.07, 6.45) is 0. The van der Waals surface area contributed by atoms with Crippen molar-refractivity contribution in [2.75, 3.05) is 0 Å². The van der Waals surface area contributed by atoms with Crippen molar-refractivity contribution in [1.82, 2.24) is 0 Å². The molecular weight excluding hydrogens is 416 g/mol. The van der Waals surface area contributed by atoms with Crippen LogP contribution in [-0.4, -0.2) is 16.1 Å². The van der Waals surface area contributed by atoms with Gasteiger partial charge < -0.3 is 0 Å². The Hall–Kier alpha value is -0.152. The van der Waals surface area contributed by atoms with Crippen LogP contribution in [0.15, 0.2) is 38.8 Å². The van der Waals surface area contributed by atoms with Gasteiger partial charge in [0.1, 0.15) is 0 Å². The van der Waals surface area contributed by atoms with Gasteiger partial charge in [-0.25, -0.2) is 0 Å². The van der Waals surface area contributed by atoms with Crippen LogP contribution in [0.3, 0.4) is 0 Å². The summed E-state index contributed by atoms with van der Waals surface area (Å²) < 4.78 is 1.90. The number of hydrogen-bond donors (Lipinski definition) is 0. The quantitative estimate of drug-likeness (QED) is 0.377. The van der Waals surface area contributed by atoms with E-state index < -0.39 is 32.7 Å². The second-order valence-corrected chi connectivity index (χ2v) is 29.8. The molecule has 162 valence electrons. The van der Waals surface area contributed by atoms with Gasteiger partial charge in [-0.3, -0.25) is 0 Å². The molecule has 0 radical (unpaired) electrons. The third-order valence-electron chi connectivity index (χ3n) is 8.16. The Kier molecular flexibility index (Phi) is 7.00. The molecule has 0 spiro atoms. The summed E-state index contributed by atoms with van der Waals surface area (Å²) in [7, 11) is -3.17. The maximum absolute atomic E-state index is 2.67. The molecule has 2 rings (SSSR count). The molecule has 0 saturated heterocycles. The van der Waals surface area contributed by atoms with E-state index >= 15 is 0 Å². The topological polar surface area (TPSA) is 0 Å². The van der Waals surface area contributed by atoms with Crippen LogP contribution in [0, 0.1) is 6.92 Å². The van der Waals surface area contributed by atoms with Crippen molar-refractivity contribution in [3.05, 3.63) is 44.4 Å². The summed E-state index contributed by atoms with van der Waals surface area (Å²) in [5.74, 6) is 0. The second-order valence-electron chi connectivity index (χ2n) is 11.8. The molecule has 0 aromatic heterocycles. The summed E-state index contributed by atoms with van der Waals surface area (Å²) in [5, 5.41) is 11.5. The minimum atomic E-state index is -2.04. The van der Waals surface area contributed by atoms with Crippen molar-refractivity contribution >= 4 is 26.5 Å². The molecule has 3 heteroatoms. The van der Waals surface area contributed by atoms with E-state index in [0.29, 0.717) is 0 Å². The first-order valence-corrected chi connectivity index (χ1v) is 23.0. The molecular formula is C26H46Si2Ti. The fourth-order valence-corrected chi connectivity index (χ4v) is 21.0. The Bertz CT molecular complexity index is 858. The third kappa shape index (κ3) is 3.93. The van der Waals surface area contributed by atoms with Crippen LogP contribution in [0.1, 0.15) is 47.1 Å². The van der Waals surface area contributed by atoms with Gasteiger partial charge in [-0.15, -0.1) is 0 Å². The van der Waals surface area contributed by atoms with Crippen LogP contribution in [0.2, 0.25) is 52.5 Å². The summed E-state index contributed by atoms with van der Waals surface area (Å²) in [4.78, 5) is 0. The van der Waals surface area contributed by atoms with Crippen LogP contribution in [0.5, 0.6) is 0 Å². The van der Waals surface area contributed by atoms with E-state index in [0.717, 1.165) is 0 Å². The van der Waals surface area contributed by atoms with Crippen molar-refractivity contribution in [3.8, 4) is 0 Å². The molecule has 0 amide bonds. The first-order chi connectivity index (χ1) is 13.1. The standard InChI is InChI=1S/C23H37Si2.3CH3.Ti/c1-11-25(12-2,23(7)16-18(4)19(5)20(23)6)22-14-17(3)13-21(15-22)24(8,9)10;;;;/h13-15H,11-12H2,1-10H3;3*1H3;. The van der Waals surface area contributed by atoms with Crippen molar-refractivity contribution in [2.24, 2.45) is 0 Å². The maximum atomic E-state index is 2.67. The number of benzene rings is 1. The Labute approximate surface area is 187 Å². The average molecular weight is 463 g/mol. The average Bonchev–Trinajstić information content (AvgIpc) is 2.76. The van der Waals surface area contributed by atoms with Crippen LogP contribution >= 0.6 is 0 Å². The van der Waals surface area contributed by atoms with Crippen LogP contribution in [0.4, 0.5) is 0 Å². The fraction of sp³-hybridized carbons (Fsp3) is 0.615. The zero-order valence-corrected chi connectivity index (χ0v) is 25.2. The normalized spacial score (nSPS) is 21.4. The molecule has 0 saturated carbocycles.